The van der Waals surface area contributed by atoms with E-state index in [0.717, 1.165) is 0 Å². The maximum absolute atomic E-state index is 11.3. The number of carbonyl (C=O) groups is 1. The Morgan fingerprint density at radius 1 is 1.31 bits per heavy atom. The van der Waals surface area contributed by atoms with Gasteiger partial charge < -0.3 is 25.2 Å². The molecule has 6 nitrogen and oxygen atoms in total. The second kappa shape index (κ2) is 5.09. The van der Waals surface area contributed by atoms with Crippen molar-refractivity contribution in [3.05, 3.63) is 0 Å². The first kappa shape index (κ1) is 11.8. The summed E-state index contributed by atoms with van der Waals surface area (Å²) in [5.41, 5.74) is 0. The van der Waals surface area contributed by atoms with Crippen molar-refractivity contribution in [2.24, 2.45) is 0 Å². The highest BCUT2D eigenvalue weighted by Crippen LogP contribution is 2.26. The van der Waals surface area contributed by atoms with Crippen LogP contribution in [0.5, 0.6) is 0 Å². The van der Waals surface area contributed by atoms with Gasteiger partial charge in [-0.1, -0.05) is 0 Å². The fourth-order valence-corrected chi connectivity index (χ4v) is 2.25. The summed E-state index contributed by atoms with van der Waals surface area (Å²) in [6, 6.07) is 0.104. The van der Waals surface area contributed by atoms with Crippen LogP contribution >= 0.6 is 0 Å². The summed E-state index contributed by atoms with van der Waals surface area (Å²) >= 11 is 0. The van der Waals surface area contributed by atoms with Gasteiger partial charge in [0.05, 0.1) is 31.9 Å². The Bertz CT molecular complexity index is 261. The number of hydrogen-bond donors (Lipinski definition) is 3. The molecule has 2 aliphatic rings. The minimum absolute atomic E-state index is 0.0180. The predicted octanol–water partition coefficient (Wildman–Crippen LogP) is -1.76. The fraction of sp³-hybridized carbons (Fsp3) is 0.900. The summed E-state index contributed by atoms with van der Waals surface area (Å²) in [5, 5.41) is 14.6. The summed E-state index contributed by atoms with van der Waals surface area (Å²) in [5.74, 6) is -0.159. The minimum atomic E-state index is -0.159. The van der Waals surface area contributed by atoms with E-state index in [0.29, 0.717) is 13.2 Å². The van der Waals surface area contributed by atoms with Crippen LogP contribution in [0, 0.1) is 0 Å². The highest BCUT2D eigenvalue weighted by Gasteiger charge is 2.47. The monoisotopic (exact) mass is 230 g/mol. The number of carbonyl (C=O) groups excluding carboxylic acids is 1. The molecule has 0 saturated carbocycles. The lowest BCUT2D eigenvalue weighted by Crippen LogP contribution is -2.45. The number of nitrogens with one attached hydrogen (secondary N) is 2. The van der Waals surface area contributed by atoms with Gasteiger partial charge in [-0.05, 0) is 7.05 Å². The molecular weight excluding hydrogens is 212 g/mol. The van der Waals surface area contributed by atoms with Gasteiger partial charge >= 0.3 is 0 Å². The third-order valence-corrected chi connectivity index (χ3v) is 3.11. The number of fused-ring (bicyclic) bond motifs is 1. The average molecular weight is 230 g/mol. The van der Waals surface area contributed by atoms with Crippen molar-refractivity contribution >= 4 is 5.91 Å². The molecule has 6 heteroatoms. The van der Waals surface area contributed by atoms with Crippen molar-refractivity contribution in [2.45, 2.75) is 30.7 Å². The molecule has 1 amide bonds. The van der Waals surface area contributed by atoms with Crippen LogP contribution in [-0.4, -0.2) is 62.2 Å². The molecule has 0 aliphatic carbocycles. The number of ether oxygens (including phenoxy) is 2. The van der Waals surface area contributed by atoms with Gasteiger partial charge in [-0.25, -0.2) is 0 Å². The molecule has 2 fully saturated rings. The molecule has 92 valence electrons. The van der Waals surface area contributed by atoms with Gasteiger partial charge in [-0.3, -0.25) is 4.79 Å². The maximum atomic E-state index is 11.3. The Kier molecular flexibility index (Phi) is 3.75. The zero-order valence-corrected chi connectivity index (χ0v) is 9.31. The first-order valence-corrected chi connectivity index (χ1v) is 5.57. The molecule has 4 atom stereocenters. The number of likely N-dealkylation sites (N-methyl/N-ethyl adjacent to an activating group) is 1. The quantitative estimate of drug-likeness (QED) is 0.533. The minimum Gasteiger partial charge on any atom is -0.396 e. The number of aliphatic hydroxyl groups excluding tert-OH is 1. The van der Waals surface area contributed by atoms with Gasteiger partial charge in [-0.2, -0.15) is 0 Å². The van der Waals surface area contributed by atoms with Crippen LogP contribution in [0.1, 0.15) is 6.42 Å². The summed E-state index contributed by atoms with van der Waals surface area (Å²) < 4.78 is 11.2. The van der Waals surface area contributed by atoms with Gasteiger partial charge in [0.1, 0.15) is 12.2 Å². The van der Waals surface area contributed by atoms with Gasteiger partial charge in [-0.15, -0.1) is 0 Å². The van der Waals surface area contributed by atoms with Crippen LogP contribution in [0.25, 0.3) is 0 Å². The first-order valence-electron chi connectivity index (χ1n) is 5.57. The van der Waals surface area contributed by atoms with E-state index in [4.69, 9.17) is 14.6 Å². The largest absolute Gasteiger partial charge is 0.396 e. The maximum Gasteiger partial charge on any atom is 0.222 e. The van der Waals surface area contributed by atoms with Crippen LogP contribution in [0.2, 0.25) is 0 Å². The average Bonchev–Trinajstić information content (AvgIpc) is 2.81. The highest BCUT2D eigenvalue weighted by molar-refractivity contribution is 5.76. The number of hydrogen-bond acceptors (Lipinski definition) is 5. The molecule has 4 unspecified atom stereocenters. The summed E-state index contributed by atoms with van der Waals surface area (Å²) in [7, 11) is 1.87. The van der Waals surface area contributed by atoms with Gasteiger partial charge in [0.2, 0.25) is 5.91 Å². The Labute approximate surface area is 94.3 Å². The lowest BCUT2D eigenvalue weighted by Gasteiger charge is -2.17. The topological polar surface area (TPSA) is 79.8 Å². The lowest BCUT2D eigenvalue weighted by atomic mass is 10.1. The Balaban J connectivity index is 1.87. The van der Waals surface area contributed by atoms with E-state index in [-0.39, 0.29) is 43.2 Å². The third kappa shape index (κ3) is 2.20. The van der Waals surface area contributed by atoms with Gasteiger partial charge in [0.25, 0.3) is 0 Å². The van der Waals surface area contributed by atoms with Crippen LogP contribution in [0.15, 0.2) is 0 Å². The van der Waals surface area contributed by atoms with Crippen molar-refractivity contribution in [2.75, 3.05) is 26.9 Å². The predicted molar refractivity (Wildman–Crippen MR) is 56.0 cm³/mol. The number of rotatable bonds is 4. The van der Waals surface area contributed by atoms with Gasteiger partial charge in [0.15, 0.2) is 0 Å². The zero-order chi connectivity index (χ0) is 11.5. The molecule has 2 rings (SSSR count). The third-order valence-electron chi connectivity index (χ3n) is 3.11. The smallest absolute Gasteiger partial charge is 0.222 e. The fourth-order valence-electron chi connectivity index (χ4n) is 2.25. The molecule has 0 bridgehead atoms. The Hall–Kier alpha value is -0.690. The molecule has 3 N–H and O–H groups in total. The second-order valence-corrected chi connectivity index (χ2v) is 4.14. The van der Waals surface area contributed by atoms with Crippen LogP contribution < -0.4 is 10.6 Å². The molecular formula is C10H18N2O4. The molecule has 0 aromatic rings. The SMILES string of the molecule is CNC1COC2C(NC(=O)CCO)COC12. The normalized spacial score (nSPS) is 37.4. The van der Waals surface area contributed by atoms with E-state index < -0.39 is 0 Å². The van der Waals surface area contributed by atoms with Crippen molar-refractivity contribution in [3.8, 4) is 0 Å². The summed E-state index contributed by atoms with van der Waals surface area (Å²) in [6.45, 7) is 0.955. The van der Waals surface area contributed by atoms with Crippen LogP contribution in [0.4, 0.5) is 0 Å². The molecule has 2 aliphatic heterocycles. The molecule has 16 heavy (non-hydrogen) atoms. The van der Waals surface area contributed by atoms with Gasteiger partial charge in [0, 0.05) is 6.42 Å². The zero-order valence-electron chi connectivity index (χ0n) is 9.31. The molecule has 0 radical (unpaired) electrons. The van der Waals surface area contributed by atoms with Crippen LogP contribution in [0.3, 0.4) is 0 Å². The Morgan fingerprint density at radius 2 is 1.94 bits per heavy atom. The van der Waals surface area contributed by atoms with E-state index in [9.17, 15) is 4.79 Å². The van der Waals surface area contributed by atoms with E-state index in [1.807, 2.05) is 7.05 Å². The molecule has 2 heterocycles. The molecule has 0 aromatic heterocycles. The molecule has 2 saturated heterocycles. The van der Waals surface area contributed by atoms with E-state index in [1.54, 1.807) is 0 Å². The molecule has 0 aromatic carbocycles. The van der Waals surface area contributed by atoms with E-state index in [1.165, 1.54) is 0 Å². The van der Waals surface area contributed by atoms with Crippen molar-refractivity contribution in [1.29, 1.82) is 0 Å². The highest BCUT2D eigenvalue weighted by atomic mass is 16.6. The lowest BCUT2D eigenvalue weighted by molar-refractivity contribution is -0.123. The van der Waals surface area contributed by atoms with Crippen molar-refractivity contribution < 1.29 is 19.4 Å². The Morgan fingerprint density at radius 3 is 2.56 bits per heavy atom. The summed E-state index contributed by atoms with van der Waals surface area (Å²) in [6.07, 6.45) is 0.0769. The second-order valence-electron chi connectivity index (χ2n) is 4.14. The van der Waals surface area contributed by atoms with Crippen molar-refractivity contribution in [3.63, 3.8) is 0 Å². The van der Waals surface area contributed by atoms with Crippen molar-refractivity contribution in [1.82, 2.24) is 10.6 Å². The van der Waals surface area contributed by atoms with Crippen LogP contribution in [-0.2, 0) is 14.3 Å². The number of amides is 1. The van der Waals surface area contributed by atoms with E-state index in [2.05, 4.69) is 10.6 Å². The number of aliphatic hydroxyl groups is 1. The summed E-state index contributed by atoms with van der Waals surface area (Å²) in [4.78, 5) is 11.3. The molecule has 0 spiro atoms. The van der Waals surface area contributed by atoms with E-state index >= 15 is 0 Å². The standard InChI is InChI=1S/C10H18N2O4/c1-11-6-4-15-10-7(5-16-9(6)10)12-8(14)2-3-13/h6-7,9-11,13H,2-5H2,1H3,(H,12,14). The first-order chi connectivity index (χ1) is 7.76.